The second-order valence-electron chi connectivity index (χ2n) is 11.9. The highest BCUT2D eigenvalue weighted by Crippen LogP contribution is 2.33. The van der Waals surface area contributed by atoms with E-state index in [1.807, 2.05) is 0 Å². The molecular weight excluding hydrogens is 662 g/mol. The number of aliphatic hydroxyl groups is 13. The first kappa shape index (κ1) is 39.5. The van der Waals surface area contributed by atoms with Crippen LogP contribution in [-0.2, 0) is 38.0 Å². The van der Waals surface area contributed by atoms with Gasteiger partial charge >= 0.3 is 0 Å². The van der Waals surface area contributed by atoms with Gasteiger partial charge in [0.1, 0.15) is 97.6 Å². The molecule has 0 aromatic heterocycles. The van der Waals surface area contributed by atoms with Gasteiger partial charge in [0.25, 0.3) is 0 Å². The molecule has 0 bridgehead atoms. The first-order valence-corrected chi connectivity index (χ1v) is 15.1. The van der Waals surface area contributed by atoms with Crippen molar-refractivity contribution in [1.29, 1.82) is 0 Å². The van der Waals surface area contributed by atoms with Crippen LogP contribution in [0, 0.1) is 0 Å². The number of rotatable bonds is 11. The van der Waals surface area contributed by atoms with Crippen molar-refractivity contribution in [1.82, 2.24) is 5.32 Å². The lowest BCUT2D eigenvalue weighted by molar-refractivity contribution is -0.381. The van der Waals surface area contributed by atoms with Gasteiger partial charge in [-0.15, -0.1) is 0 Å². The van der Waals surface area contributed by atoms with Crippen LogP contribution >= 0.6 is 0 Å². The third kappa shape index (κ3) is 8.24. The van der Waals surface area contributed by atoms with Gasteiger partial charge in [-0.1, -0.05) is 0 Å². The Morgan fingerprint density at radius 2 is 1.00 bits per heavy atom. The van der Waals surface area contributed by atoms with Crippen LogP contribution in [0.5, 0.6) is 0 Å². The van der Waals surface area contributed by atoms with Crippen molar-refractivity contribution in [2.24, 2.45) is 0 Å². The Labute approximate surface area is 272 Å². The molecule has 22 heteroatoms. The van der Waals surface area contributed by atoms with E-state index in [1.165, 1.54) is 0 Å². The summed E-state index contributed by atoms with van der Waals surface area (Å²) in [7, 11) is 0. The SMILES string of the molecule is CC(=O)N[C@H]1[C@H](OC[C@H]2O[C@@H](O[C@H]3[C@H](O)[C@@H](O)C(O)O[C@@H]3CO)[C@H](O)[C@@H](O)[C@H]2O[C@@H]2O[C@H](CO)[C@H](O)[C@H](O)[C@H]2O)O[C@H](CO)[C@@H](O)[C@@H]1O. The number of nitrogens with one attached hydrogen (secondary N) is 1. The summed E-state index contributed by atoms with van der Waals surface area (Å²) >= 11 is 0. The van der Waals surface area contributed by atoms with Gasteiger partial charge in [0.2, 0.25) is 5.91 Å². The molecule has 4 heterocycles. The number of aliphatic hydroxyl groups excluding tert-OH is 13. The number of hydrogen-bond donors (Lipinski definition) is 14. The summed E-state index contributed by atoms with van der Waals surface area (Å²) in [5.74, 6) is -0.672. The lowest BCUT2D eigenvalue weighted by Crippen LogP contribution is -2.67. The fourth-order valence-electron chi connectivity index (χ4n) is 5.85. The van der Waals surface area contributed by atoms with Crippen molar-refractivity contribution in [3.8, 4) is 0 Å². The fraction of sp³-hybridized carbons (Fsp3) is 0.962. The Bertz CT molecular complexity index is 1030. The first-order valence-electron chi connectivity index (χ1n) is 15.1. The van der Waals surface area contributed by atoms with Crippen LogP contribution < -0.4 is 5.32 Å². The van der Waals surface area contributed by atoms with Gasteiger partial charge in [0.05, 0.1) is 26.4 Å². The summed E-state index contributed by atoms with van der Waals surface area (Å²) < 4.78 is 38.7. The van der Waals surface area contributed by atoms with Crippen LogP contribution in [0.15, 0.2) is 0 Å². The molecule has 4 rings (SSSR count). The molecule has 0 aliphatic carbocycles. The lowest BCUT2D eigenvalue weighted by Gasteiger charge is -2.48. The molecule has 48 heavy (non-hydrogen) atoms. The smallest absolute Gasteiger partial charge is 0.217 e. The van der Waals surface area contributed by atoms with E-state index >= 15 is 0 Å². The molecule has 280 valence electrons. The van der Waals surface area contributed by atoms with E-state index in [9.17, 15) is 71.2 Å². The molecule has 4 fully saturated rings. The number of ether oxygens (including phenoxy) is 7. The minimum absolute atomic E-state index is 0.672. The van der Waals surface area contributed by atoms with Gasteiger partial charge in [-0.05, 0) is 0 Å². The summed E-state index contributed by atoms with van der Waals surface area (Å²) in [6.45, 7) is -2.12. The maximum absolute atomic E-state index is 11.8. The molecule has 14 N–H and O–H groups in total. The highest BCUT2D eigenvalue weighted by molar-refractivity contribution is 5.73. The van der Waals surface area contributed by atoms with Crippen LogP contribution in [0.2, 0.25) is 0 Å². The average Bonchev–Trinajstić information content (AvgIpc) is 3.06. The minimum Gasteiger partial charge on any atom is -0.394 e. The molecule has 0 saturated carbocycles. The zero-order valence-corrected chi connectivity index (χ0v) is 25.5. The number of hydrogen-bond acceptors (Lipinski definition) is 21. The van der Waals surface area contributed by atoms with Crippen LogP contribution in [0.3, 0.4) is 0 Å². The summed E-state index contributed by atoms with van der Waals surface area (Å²) in [6.07, 6.45) is -33.7. The molecule has 0 aromatic rings. The highest BCUT2D eigenvalue weighted by Gasteiger charge is 2.54. The summed E-state index contributed by atoms with van der Waals surface area (Å²) in [6, 6.07) is -1.43. The van der Waals surface area contributed by atoms with Crippen molar-refractivity contribution >= 4 is 5.91 Å². The quantitative estimate of drug-likeness (QED) is 0.0947. The lowest BCUT2D eigenvalue weighted by atomic mass is 9.95. The summed E-state index contributed by atoms with van der Waals surface area (Å²) in [5, 5.41) is 136. The monoisotopic (exact) mass is 707 g/mol. The maximum Gasteiger partial charge on any atom is 0.217 e. The van der Waals surface area contributed by atoms with Crippen molar-refractivity contribution < 1.29 is 104 Å². The van der Waals surface area contributed by atoms with Gasteiger partial charge in [-0.25, -0.2) is 0 Å². The highest BCUT2D eigenvalue weighted by atomic mass is 16.8. The Balaban J connectivity index is 1.60. The van der Waals surface area contributed by atoms with Crippen LogP contribution in [0.25, 0.3) is 0 Å². The van der Waals surface area contributed by atoms with Crippen molar-refractivity contribution in [3.05, 3.63) is 0 Å². The number of carbonyl (C=O) groups is 1. The van der Waals surface area contributed by atoms with Crippen LogP contribution in [-0.4, -0.2) is 221 Å². The summed E-state index contributed by atoms with van der Waals surface area (Å²) in [4.78, 5) is 11.8. The van der Waals surface area contributed by atoms with E-state index < -0.39 is 155 Å². The largest absolute Gasteiger partial charge is 0.394 e. The van der Waals surface area contributed by atoms with Gasteiger partial charge in [-0.3, -0.25) is 4.79 Å². The zero-order valence-electron chi connectivity index (χ0n) is 25.5. The van der Waals surface area contributed by atoms with Gasteiger partial charge in [0, 0.05) is 6.92 Å². The molecule has 1 amide bonds. The average molecular weight is 708 g/mol. The third-order valence-corrected chi connectivity index (χ3v) is 8.59. The van der Waals surface area contributed by atoms with E-state index in [0.29, 0.717) is 0 Å². The molecule has 4 aliphatic rings. The minimum atomic E-state index is -2.07. The third-order valence-electron chi connectivity index (χ3n) is 8.59. The number of amides is 1. The van der Waals surface area contributed by atoms with Crippen LogP contribution in [0.1, 0.15) is 6.92 Å². The van der Waals surface area contributed by atoms with E-state index in [0.717, 1.165) is 6.92 Å². The van der Waals surface area contributed by atoms with E-state index in [4.69, 9.17) is 33.2 Å². The zero-order chi connectivity index (χ0) is 35.6. The predicted molar refractivity (Wildman–Crippen MR) is 145 cm³/mol. The van der Waals surface area contributed by atoms with Gasteiger partial charge in [-0.2, -0.15) is 0 Å². The van der Waals surface area contributed by atoms with Crippen molar-refractivity contribution in [2.45, 2.75) is 130 Å². The fourth-order valence-corrected chi connectivity index (χ4v) is 5.85. The predicted octanol–water partition coefficient (Wildman–Crippen LogP) is -9.61. The standard InChI is InChI=1S/C26H45NO21/c1-6(31)27-11-14(34)12(32)7(2-28)44-24(11)42-5-10-22(48-25-19(39)15(35)13(33)8(3-29)45-25)17(37)20(40)26(46-10)47-21-9(4-30)43-23(41)18(38)16(21)36/h7-26,28-30,32-41H,2-5H2,1H3,(H,27,31)/t7-,8-,9-,10-,11-,12-,13+,14-,15+,16-,17-,18-,19-,20-,21-,22+,23?,24-,25+,26+/m1/s1. The molecule has 0 spiro atoms. The van der Waals surface area contributed by atoms with Gasteiger partial charge in [0.15, 0.2) is 25.2 Å². The molecule has 1 unspecified atom stereocenters. The Hall–Kier alpha value is -1.33. The normalized spacial score (nSPS) is 50.2. The van der Waals surface area contributed by atoms with Crippen molar-refractivity contribution in [3.63, 3.8) is 0 Å². The van der Waals surface area contributed by atoms with Crippen LogP contribution in [0.4, 0.5) is 0 Å². The molecular formula is C26H45NO21. The Morgan fingerprint density at radius 1 is 0.542 bits per heavy atom. The molecule has 4 aliphatic heterocycles. The Kier molecular flexibility index (Phi) is 13.8. The van der Waals surface area contributed by atoms with E-state index in [1.54, 1.807) is 0 Å². The van der Waals surface area contributed by atoms with Crippen molar-refractivity contribution in [2.75, 3.05) is 26.4 Å². The molecule has 0 aromatic carbocycles. The Morgan fingerprint density at radius 3 is 1.54 bits per heavy atom. The van der Waals surface area contributed by atoms with E-state index in [2.05, 4.69) is 5.32 Å². The molecule has 0 radical (unpaired) electrons. The maximum atomic E-state index is 11.8. The molecule has 20 atom stereocenters. The van der Waals surface area contributed by atoms with Gasteiger partial charge < -0.3 is 105 Å². The van der Waals surface area contributed by atoms with E-state index in [-0.39, 0.29) is 0 Å². The number of carbonyl (C=O) groups excluding carboxylic acids is 1. The second kappa shape index (κ2) is 16.8. The first-order chi connectivity index (χ1) is 22.6. The second-order valence-corrected chi connectivity index (χ2v) is 11.9. The molecule has 22 nitrogen and oxygen atoms in total. The molecule has 4 saturated heterocycles. The summed E-state index contributed by atoms with van der Waals surface area (Å²) in [5.41, 5.74) is 0. The topological polar surface area (TPSA) is 357 Å².